The van der Waals surface area contributed by atoms with Crippen molar-refractivity contribution in [2.24, 2.45) is 0 Å². The van der Waals surface area contributed by atoms with Crippen LogP contribution in [0, 0.1) is 17.4 Å². The second-order valence-electron chi connectivity index (χ2n) is 6.44. The molecule has 0 amide bonds. The zero-order valence-electron chi connectivity index (χ0n) is 15.1. The molecule has 0 N–H and O–H groups in total. The molecule has 0 aliphatic carbocycles. The number of ether oxygens (including phenoxy) is 1. The molecule has 3 aromatic carbocycles. The van der Waals surface area contributed by atoms with Crippen molar-refractivity contribution >= 4 is 34.3 Å². The third-order valence-electron chi connectivity index (χ3n) is 4.24. The van der Waals surface area contributed by atoms with Crippen molar-refractivity contribution in [2.45, 2.75) is 20.0 Å². The first-order chi connectivity index (χ1) is 12.9. The van der Waals surface area contributed by atoms with E-state index in [2.05, 4.69) is 22.6 Å². The molecule has 0 saturated carbocycles. The number of Topliss-reactive ketones (excluding diaryl/α,β-unsaturated/α-hetero) is 1. The molecule has 3 rings (SSSR count). The van der Waals surface area contributed by atoms with E-state index in [1.165, 1.54) is 0 Å². The molecule has 3 aromatic rings. The van der Waals surface area contributed by atoms with Crippen LogP contribution in [0.25, 0.3) is 0 Å². The highest BCUT2D eigenvalue weighted by molar-refractivity contribution is 14.1. The quantitative estimate of drug-likeness (QED) is 0.274. The second kappa shape index (κ2) is 8.48. The van der Waals surface area contributed by atoms with Gasteiger partial charge in [-0.05, 0) is 54.6 Å². The maximum Gasteiger partial charge on any atom is 0.339 e. The number of halogens is 1. The zero-order chi connectivity index (χ0) is 19.4. The van der Waals surface area contributed by atoms with Crippen LogP contribution in [0.1, 0.15) is 43.5 Å². The Morgan fingerprint density at radius 2 is 1.41 bits per heavy atom. The fraction of sp³-hybridized carbons (Fsp3) is 0.130. The lowest BCUT2D eigenvalue weighted by atomic mass is 9.98. The number of benzene rings is 3. The highest BCUT2D eigenvalue weighted by Gasteiger charge is 2.26. The summed E-state index contributed by atoms with van der Waals surface area (Å²) in [4.78, 5) is 25.8. The van der Waals surface area contributed by atoms with Gasteiger partial charge in [0.1, 0.15) is 0 Å². The van der Waals surface area contributed by atoms with E-state index >= 15 is 0 Å². The highest BCUT2D eigenvalue weighted by atomic mass is 127. The van der Waals surface area contributed by atoms with Gasteiger partial charge in [-0.2, -0.15) is 0 Å². The molecule has 0 fully saturated rings. The standard InChI is InChI=1S/C23H19IO3/c1-15-6-10-17(11-7-15)21(25)22(18-12-8-16(2)9-13-18)27-23(26)19-4-3-5-20(24)14-19/h3-14,22H,1-2H3. The summed E-state index contributed by atoms with van der Waals surface area (Å²) in [5.74, 6) is -0.752. The van der Waals surface area contributed by atoms with E-state index in [-0.39, 0.29) is 5.78 Å². The van der Waals surface area contributed by atoms with Crippen molar-refractivity contribution < 1.29 is 14.3 Å². The van der Waals surface area contributed by atoms with Crippen LogP contribution in [0.15, 0.2) is 72.8 Å². The Bertz CT molecular complexity index is 960. The van der Waals surface area contributed by atoms with Crippen LogP contribution in [0.2, 0.25) is 0 Å². The monoisotopic (exact) mass is 470 g/mol. The van der Waals surface area contributed by atoms with Gasteiger partial charge in [-0.25, -0.2) is 4.79 Å². The molecule has 0 bridgehead atoms. The molecule has 0 radical (unpaired) electrons. The number of rotatable bonds is 5. The molecule has 1 atom stereocenters. The van der Waals surface area contributed by atoms with Gasteiger partial charge in [0.05, 0.1) is 5.56 Å². The van der Waals surface area contributed by atoms with E-state index in [0.29, 0.717) is 16.7 Å². The lowest BCUT2D eigenvalue weighted by molar-refractivity contribution is 0.0280. The average molecular weight is 470 g/mol. The van der Waals surface area contributed by atoms with E-state index in [1.54, 1.807) is 30.3 Å². The SMILES string of the molecule is Cc1ccc(C(=O)C(OC(=O)c2cccc(I)c2)c2ccc(C)cc2)cc1. The summed E-state index contributed by atoms with van der Waals surface area (Å²) < 4.78 is 6.60. The summed E-state index contributed by atoms with van der Waals surface area (Å²) in [5, 5.41) is 0. The fourth-order valence-corrected chi connectivity index (χ4v) is 3.22. The van der Waals surface area contributed by atoms with Gasteiger partial charge in [-0.15, -0.1) is 0 Å². The summed E-state index contributed by atoms with van der Waals surface area (Å²) in [5.41, 5.74) is 3.74. The van der Waals surface area contributed by atoms with E-state index < -0.39 is 12.1 Å². The molecular formula is C23H19IO3. The van der Waals surface area contributed by atoms with E-state index in [9.17, 15) is 9.59 Å². The van der Waals surface area contributed by atoms with Crippen LogP contribution in [-0.2, 0) is 4.74 Å². The number of carbonyl (C=O) groups is 2. The normalized spacial score (nSPS) is 11.7. The Balaban J connectivity index is 1.94. The summed E-state index contributed by atoms with van der Waals surface area (Å²) >= 11 is 2.14. The predicted octanol–water partition coefficient (Wildman–Crippen LogP) is 5.69. The molecule has 27 heavy (non-hydrogen) atoms. The number of esters is 1. The van der Waals surface area contributed by atoms with Crippen LogP contribution < -0.4 is 0 Å². The molecule has 3 nitrogen and oxygen atoms in total. The van der Waals surface area contributed by atoms with Crippen LogP contribution >= 0.6 is 22.6 Å². The second-order valence-corrected chi connectivity index (χ2v) is 7.68. The zero-order valence-corrected chi connectivity index (χ0v) is 17.3. The molecule has 0 heterocycles. The minimum Gasteiger partial charge on any atom is -0.445 e. The first-order valence-corrected chi connectivity index (χ1v) is 9.66. The summed E-state index contributed by atoms with van der Waals surface area (Å²) in [7, 11) is 0. The van der Waals surface area contributed by atoms with E-state index in [4.69, 9.17) is 4.74 Å². The molecule has 0 aliphatic rings. The largest absolute Gasteiger partial charge is 0.445 e. The predicted molar refractivity (Wildman–Crippen MR) is 114 cm³/mol. The van der Waals surface area contributed by atoms with Crippen LogP contribution in [0.3, 0.4) is 0 Å². The Labute approximate surface area is 172 Å². The van der Waals surface area contributed by atoms with Crippen molar-refractivity contribution in [3.05, 3.63) is 104 Å². The lowest BCUT2D eigenvalue weighted by Crippen LogP contribution is -2.20. The topological polar surface area (TPSA) is 43.4 Å². The highest BCUT2D eigenvalue weighted by Crippen LogP contribution is 2.25. The molecule has 4 heteroatoms. The van der Waals surface area contributed by atoms with Crippen LogP contribution in [0.4, 0.5) is 0 Å². The maximum absolute atomic E-state index is 13.1. The third-order valence-corrected chi connectivity index (χ3v) is 4.91. The van der Waals surface area contributed by atoms with Gasteiger partial charge in [0.2, 0.25) is 5.78 Å². The molecule has 0 spiro atoms. The molecule has 0 saturated heterocycles. The maximum atomic E-state index is 13.1. The fourth-order valence-electron chi connectivity index (χ4n) is 2.67. The number of hydrogen-bond donors (Lipinski definition) is 0. The van der Waals surface area contributed by atoms with Gasteiger partial charge in [-0.3, -0.25) is 4.79 Å². The number of ketones is 1. The van der Waals surface area contributed by atoms with E-state index in [1.807, 2.05) is 56.3 Å². The lowest BCUT2D eigenvalue weighted by Gasteiger charge is -2.18. The summed E-state index contributed by atoms with van der Waals surface area (Å²) in [6, 6.07) is 21.9. The van der Waals surface area contributed by atoms with E-state index in [0.717, 1.165) is 14.7 Å². The third kappa shape index (κ3) is 4.83. The van der Waals surface area contributed by atoms with Gasteiger partial charge in [0.25, 0.3) is 0 Å². The minimum absolute atomic E-state index is 0.238. The van der Waals surface area contributed by atoms with Crippen LogP contribution in [0.5, 0.6) is 0 Å². The first kappa shape index (κ1) is 19.3. The van der Waals surface area contributed by atoms with Gasteiger partial charge in [0.15, 0.2) is 6.10 Å². The Hall–Kier alpha value is -2.47. The average Bonchev–Trinajstić information content (AvgIpc) is 2.67. The van der Waals surface area contributed by atoms with Gasteiger partial charge >= 0.3 is 5.97 Å². The number of hydrogen-bond acceptors (Lipinski definition) is 3. The van der Waals surface area contributed by atoms with Crippen molar-refractivity contribution in [1.29, 1.82) is 0 Å². The Morgan fingerprint density at radius 3 is 2.00 bits per heavy atom. The molecule has 136 valence electrons. The van der Waals surface area contributed by atoms with Crippen molar-refractivity contribution in [2.75, 3.05) is 0 Å². The number of carbonyl (C=O) groups excluding carboxylic acids is 2. The smallest absolute Gasteiger partial charge is 0.339 e. The number of aryl methyl sites for hydroxylation is 2. The summed E-state index contributed by atoms with van der Waals surface area (Å²) in [6.07, 6.45) is -0.987. The Kier molecular flexibility index (Phi) is 6.06. The van der Waals surface area contributed by atoms with Gasteiger partial charge < -0.3 is 4.74 Å². The minimum atomic E-state index is -0.987. The molecule has 0 aromatic heterocycles. The molecule has 1 unspecified atom stereocenters. The van der Waals surface area contributed by atoms with Crippen molar-refractivity contribution in [3.63, 3.8) is 0 Å². The van der Waals surface area contributed by atoms with Crippen LogP contribution in [-0.4, -0.2) is 11.8 Å². The van der Waals surface area contributed by atoms with Crippen molar-refractivity contribution in [3.8, 4) is 0 Å². The Morgan fingerprint density at radius 1 is 0.815 bits per heavy atom. The first-order valence-electron chi connectivity index (χ1n) is 8.58. The molecule has 0 aliphatic heterocycles. The van der Waals surface area contributed by atoms with Gasteiger partial charge in [0, 0.05) is 14.7 Å². The molecular weight excluding hydrogens is 451 g/mol. The van der Waals surface area contributed by atoms with Gasteiger partial charge in [-0.1, -0.05) is 65.7 Å². The van der Waals surface area contributed by atoms with Crippen molar-refractivity contribution in [1.82, 2.24) is 0 Å². The summed E-state index contributed by atoms with van der Waals surface area (Å²) in [6.45, 7) is 3.93.